The number of ether oxygens (including phenoxy) is 1. The first kappa shape index (κ1) is 16.3. The molecule has 0 amide bonds. The Kier molecular flexibility index (Phi) is 4.40. The van der Waals surface area contributed by atoms with Gasteiger partial charge in [-0.3, -0.25) is 10.1 Å². The summed E-state index contributed by atoms with van der Waals surface area (Å²) in [5.74, 6) is 0.312. The molecule has 0 N–H and O–H groups in total. The van der Waals surface area contributed by atoms with Gasteiger partial charge in [-0.2, -0.15) is 9.40 Å². The smallest absolute Gasteiger partial charge is 0.289 e. The standard InChI is InChI=1S/C14H14N4O5S/c19-18(20)12-4-1-2-5-13(12)24(21,22)17-9-7-11(10-17)23-14-6-3-8-15-16-14/h1-6,8,11H,7,9-10H2. The minimum atomic E-state index is -3.96. The third-order valence-corrected chi connectivity index (χ3v) is 5.54. The molecule has 2 heterocycles. The highest BCUT2D eigenvalue weighted by Crippen LogP contribution is 2.29. The third-order valence-electron chi connectivity index (χ3n) is 3.62. The third kappa shape index (κ3) is 3.19. The number of nitro groups is 1. The second-order valence-electron chi connectivity index (χ2n) is 5.18. The Morgan fingerprint density at radius 2 is 2.04 bits per heavy atom. The summed E-state index contributed by atoms with van der Waals surface area (Å²) in [4.78, 5) is 10.1. The molecule has 24 heavy (non-hydrogen) atoms. The fraction of sp³-hybridized carbons (Fsp3) is 0.286. The molecule has 0 spiro atoms. The first-order chi connectivity index (χ1) is 11.5. The molecule has 0 bridgehead atoms. The Morgan fingerprint density at radius 1 is 1.25 bits per heavy atom. The number of aromatic nitrogens is 2. The van der Waals surface area contributed by atoms with Crippen molar-refractivity contribution in [2.24, 2.45) is 0 Å². The molecule has 0 radical (unpaired) electrons. The van der Waals surface area contributed by atoms with Crippen molar-refractivity contribution in [2.45, 2.75) is 17.4 Å². The summed E-state index contributed by atoms with van der Waals surface area (Å²) < 4.78 is 32.2. The van der Waals surface area contributed by atoms with E-state index in [0.29, 0.717) is 12.3 Å². The second-order valence-corrected chi connectivity index (χ2v) is 7.08. The first-order valence-corrected chi connectivity index (χ1v) is 8.60. The van der Waals surface area contributed by atoms with Crippen LogP contribution in [0.4, 0.5) is 5.69 Å². The van der Waals surface area contributed by atoms with Gasteiger partial charge in [0.15, 0.2) is 4.90 Å². The van der Waals surface area contributed by atoms with Crippen LogP contribution in [0, 0.1) is 10.1 Å². The van der Waals surface area contributed by atoms with E-state index in [4.69, 9.17) is 4.74 Å². The number of hydrogen-bond acceptors (Lipinski definition) is 7. The van der Waals surface area contributed by atoms with E-state index in [0.717, 1.165) is 0 Å². The zero-order valence-corrected chi connectivity index (χ0v) is 13.3. The van der Waals surface area contributed by atoms with Crippen molar-refractivity contribution in [2.75, 3.05) is 13.1 Å². The van der Waals surface area contributed by atoms with Gasteiger partial charge in [0.25, 0.3) is 5.69 Å². The molecular weight excluding hydrogens is 336 g/mol. The molecule has 1 atom stereocenters. The van der Waals surface area contributed by atoms with Gasteiger partial charge in [0, 0.05) is 24.9 Å². The van der Waals surface area contributed by atoms with E-state index in [2.05, 4.69) is 10.2 Å². The average molecular weight is 350 g/mol. The van der Waals surface area contributed by atoms with Crippen molar-refractivity contribution >= 4 is 15.7 Å². The van der Waals surface area contributed by atoms with E-state index in [9.17, 15) is 18.5 Å². The van der Waals surface area contributed by atoms with Crippen molar-refractivity contribution in [3.63, 3.8) is 0 Å². The molecule has 0 saturated carbocycles. The quantitative estimate of drug-likeness (QED) is 0.588. The van der Waals surface area contributed by atoms with Gasteiger partial charge in [-0.05, 0) is 18.6 Å². The summed E-state index contributed by atoms with van der Waals surface area (Å²) in [5, 5.41) is 18.6. The number of benzene rings is 1. The van der Waals surface area contributed by atoms with E-state index in [1.54, 1.807) is 12.1 Å². The number of rotatable bonds is 5. The van der Waals surface area contributed by atoms with E-state index in [1.165, 1.54) is 34.8 Å². The van der Waals surface area contributed by atoms with Crippen molar-refractivity contribution in [1.82, 2.24) is 14.5 Å². The van der Waals surface area contributed by atoms with Gasteiger partial charge in [-0.1, -0.05) is 12.1 Å². The zero-order valence-electron chi connectivity index (χ0n) is 12.5. The van der Waals surface area contributed by atoms with Crippen molar-refractivity contribution < 1.29 is 18.1 Å². The molecule has 1 aliphatic rings. The van der Waals surface area contributed by atoms with Crippen LogP contribution in [0.5, 0.6) is 5.88 Å². The van der Waals surface area contributed by atoms with Crippen LogP contribution in [-0.2, 0) is 10.0 Å². The monoisotopic (exact) mass is 350 g/mol. The molecule has 1 aromatic heterocycles. The van der Waals surface area contributed by atoms with Crippen LogP contribution >= 0.6 is 0 Å². The summed E-state index contributed by atoms with van der Waals surface area (Å²) in [7, 11) is -3.96. The predicted octanol–water partition coefficient (Wildman–Crippen LogP) is 1.23. The van der Waals surface area contributed by atoms with Crippen molar-refractivity contribution in [3.05, 3.63) is 52.7 Å². The van der Waals surface area contributed by atoms with Crippen LogP contribution in [0.2, 0.25) is 0 Å². The molecule has 1 saturated heterocycles. The zero-order chi connectivity index (χ0) is 17.2. The largest absolute Gasteiger partial charge is 0.472 e. The lowest BCUT2D eigenvalue weighted by Crippen LogP contribution is -2.31. The minimum absolute atomic E-state index is 0.102. The first-order valence-electron chi connectivity index (χ1n) is 7.16. The van der Waals surface area contributed by atoms with Crippen LogP contribution in [0.15, 0.2) is 47.5 Å². The van der Waals surface area contributed by atoms with Gasteiger partial charge in [-0.15, -0.1) is 5.10 Å². The number of nitrogens with zero attached hydrogens (tertiary/aromatic N) is 4. The Bertz CT molecular complexity index is 843. The highest BCUT2D eigenvalue weighted by molar-refractivity contribution is 7.89. The maximum Gasteiger partial charge on any atom is 0.289 e. The predicted molar refractivity (Wildman–Crippen MR) is 82.9 cm³/mol. The number of sulfonamides is 1. The van der Waals surface area contributed by atoms with Crippen molar-refractivity contribution in [3.8, 4) is 5.88 Å². The van der Waals surface area contributed by atoms with Gasteiger partial charge in [-0.25, -0.2) is 8.42 Å². The Morgan fingerprint density at radius 3 is 2.75 bits per heavy atom. The molecule has 1 aliphatic heterocycles. The Balaban J connectivity index is 1.79. The Labute approximate surface area is 138 Å². The topological polar surface area (TPSA) is 116 Å². The molecule has 126 valence electrons. The molecule has 0 aliphatic carbocycles. The van der Waals surface area contributed by atoms with Crippen LogP contribution in [0.25, 0.3) is 0 Å². The lowest BCUT2D eigenvalue weighted by Gasteiger charge is -2.16. The number of nitro benzene ring substituents is 1. The molecule has 10 heteroatoms. The van der Waals surface area contributed by atoms with Gasteiger partial charge >= 0.3 is 0 Å². The van der Waals surface area contributed by atoms with Crippen LogP contribution in [-0.4, -0.2) is 47.0 Å². The fourth-order valence-corrected chi connectivity index (χ4v) is 4.14. The lowest BCUT2D eigenvalue weighted by atomic mass is 10.3. The van der Waals surface area contributed by atoms with E-state index < -0.39 is 20.6 Å². The van der Waals surface area contributed by atoms with E-state index >= 15 is 0 Å². The lowest BCUT2D eigenvalue weighted by molar-refractivity contribution is -0.387. The van der Waals surface area contributed by atoms with Crippen LogP contribution < -0.4 is 4.74 Å². The van der Waals surface area contributed by atoms with Gasteiger partial charge < -0.3 is 4.74 Å². The highest BCUT2D eigenvalue weighted by atomic mass is 32.2. The molecule has 2 aromatic rings. The maximum absolute atomic E-state index is 12.7. The number of hydrogen-bond donors (Lipinski definition) is 0. The fourth-order valence-electron chi connectivity index (χ4n) is 2.50. The van der Waals surface area contributed by atoms with Crippen molar-refractivity contribution in [1.29, 1.82) is 0 Å². The number of para-hydroxylation sites is 1. The second kappa shape index (κ2) is 6.49. The molecule has 3 rings (SSSR count). The molecule has 1 fully saturated rings. The highest BCUT2D eigenvalue weighted by Gasteiger charge is 2.37. The normalized spacial score (nSPS) is 18.4. The molecule has 1 unspecified atom stereocenters. The summed E-state index contributed by atoms with van der Waals surface area (Å²) in [5.41, 5.74) is -0.434. The van der Waals surface area contributed by atoms with Gasteiger partial charge in [0.05, 0.1) is 11.5 Å². The molecule has 9 nitrogen and oxygen atoms in total. The molecular formula is C14H14N4O5S. The minimum Gasteiger partial charge on any atom is -0.472 e. The van der Waals surface area contributed by atoms with E-state index in [-0.39, 0.29) is 24.1 Å². The summed E-state index contributed by atoms with van der Waals surface area (Å²) in [6, 6.07) is 8.61. The summed E-state index contributed by atoms with van der Waals surface area (Å²) in [6.07, 6.45) is 1.60. The molecule has 1 aromatic carbocycles. The van der Waals surface area contributed by atoms with Gasteiger partial charge in [0.2, 0.25) is 15.9 Å². The SMILES string of the molecule is O=[N+]([O-])c1ccccc1S(=O)(=O)N1CCC(Oc2cccnn2)C1. The maximum atomic E-state index is 12.7. The van der Waals surface area contributed by atoms with Crippen LogP contribution in [0.3, 0.4) is 0 Å². The summed E-state index contributed by atoms with van der Waals surface area (Å²) >= 11 is 0. The summed E-state index contributed by atoms with van der Waals surface area (Å²) in [6.45, 7) is 0.324. The van der Waals surface area contributed by atoms with Gasteiger partial charge in [0.1, 0.15) is 6.10 Å². The average Bonchev–Trinajstić information content (AvgIpc) is 3.05. The Hall–Kier alpha value is -2.59. The van der Waals surface area contributed by atoms with E-state index in [1.807, 2.05) is 0 Å². The van der Waals surface area contributed by atoms with Crippen LogP contribution in [0.1, 0.15) is 6.42 Å².